The first-order chi connectivity index (χ1) is 4.50. The molecule has 0 aromatic carbocycles. The second kappa shape index (κ2) is 8.27. The predicted molar refractivity (Wildman–Crippen MR) is 31.0 cm³/mol. The highest BCUT2D eigenvalue weighted by Gasteiger charge is 1.72. The van der Waals surface area contributed by atoms with Gasteiger partial charge in [0, 0.05) is 0 Å². The lowest BCUT2D eigenvalue weighted by Crippen LogP contribution is -1.38. The van der Waals surface area contributed by atoms with Crippen molar-refractivity contribution < 1.29 is 17.6 Å². The van der Waals surface area contributed by atoms with Crippen molar-refractivity contribution in [3.63, 3.8) is 0 Å². The fraction of sp³-hybridized carbons (Fsp3) is 0. The van der Waals surface area contributed by atoms with E-state index in [0.717, 1.165) is 0 Å². The van der Waals surface area contributed by atoms with Gasteiger partial charge >= 0.3 is 0 Å². The van der Waals surface area contributed by atoms with Gasteiger partial charge in [-0.05, 0) is 23.9 Å². The molecule has 0 radical (unpaired) electrons. The minimum atomic E-state index is -1.83. The molecule has 0 N–H and O–H groups in total. The van der Waals surface area contributed by atoms with Crippen LogP contribution in [0.15, 0.2) is 30.0 Å². The largest absolute Gasteiger partial charge is 0.263 e. The molecule has 0 fully saturated rings. The molecule has 0 saturated carbocycles. The molecule has 5 heteroatoms. The third kappa shape index (κ3) is 55.5. The summed E-state index contributed by atoms with van der Waals surface area (Å²) in [5.41, 5.74) is 1.43. The highest BCUT2D eigenvalue weighted by atomic mass is 35.5. The summed E-state index contributed by atoms with van der Waals surface area (Å²) in [7, 11) is 0. The topological polar surface area (TPSA) is 0 Å². The van der Waals surface area contributed by atoms with Gasteiger partial charge < -0.3 is 0 Å². The number of hydrogen-bond donors (Lipinski definition) is 0. The van der Waals surface area contributed by atoms with E-state index >= 15 is 0 Å². The Bertz CT molecular complexity index is 149. The van der Waals surface area contributed by atoms with Crippen molar-refractivity contribution in [1.82, 2.24) is 0 Å². The lowest BCUT2D eigenvalue weighted by atomic mass is 10.9. The van der Waals surface area contributed by atoms with Crippen molar-refractivity contribution in [3.8, 4) is 0 Å². The van der Waals surface area contributed by atoms with Crippen LogP contribution >= 0.6 is 11.6 Å². The molecule has 0 unspecified atom stereocenters. The molecular formula is C5H3ClF4. The maximum atomic E-state index is 11.0. The molecule has 10 heavy (non-hydrogen) atoms. The first-order valence-electron chi connectivity index (χ1n) is 1.87. The van der Waals surface area contributed by atoms with E-state index in [2.05, 4.69) is 18.2 Å². The zero-order valence-electron chi connectivity index (χ0n) is 4.67. The average molecular weight is 175 g/mol. The molecule has 0 aliphatic heterocycles. The van der Waals surface area contributed by atoms with Crippen molar-refractivity contribution >= 4 is 11.6 Å². The van der Waals surface area contributed by atoms with Gasteiger partial charge in [-0.15, -0.1) is 0 Å². The van der Waals surface area contributed by atoms with Crippen LogP contribution in [0.4, 0.5) is 17.6 Å². The van der Waals surface area contributed by atoms with Crippen LogP contribution in [-0.4, -0.2) is 0 Å². The second-order valence-electron chi connectivity index (χ2n) is 0.853. The van der Waals surface area contributed by atoms with E-state index in [1.807, 2.05) is 0 Å². The van der Waals surface area contributed by atoms with Gasteiger partial charge in [0.15, 0.2) is 0 Å². The van der Waals surface area contributed by atoms with Gasteiger partial charge in [0.25, 0.3) is 6.08 Å². The first kappa shape index (κ1) is 12.0. The van der Waals surface area contributed by atoms with Crippen molar-refractivity contribution in [2.75, 3.05) is 0 Å². The monoisotopic (exact) mass is 174 g/mol. The maximum absolute atomic E-state index is 11.0. The van der Waals surface area contributed by atoms with Gasteiger partial charge in [-0.1, -0.05) is 0 Å². The van der Waals surface area contributed by atoms with Crippen molar-refractivity contribution in [1.29, 1.82) is 0 Å². The Hall–Kier alpha value is -0.730. The Morgan fingerprint density at radius 2 is 1.70 bits per heavy atom. The summed E-state index contributed by atoms with van der Waals surface area (Å²) >= 11 is 4.45. The molecular weight excluding hydrogens is 172 g/mol. The molecule has 0 heterocycles. The Labute approximate surface area is 60.1 Å². The van der Waals surface area contributed by atoms with Gasteiger partial charge in [-0.2, -0.15) is 13.2 Å². The molecule has 0 aliphatic carbocycles. The van der Waals surface area contributed by atoms with Crippen LogP contribution in [0.25, 0.3) is 0 Å². The van der Waals surface area contributed by atoms with Crippen molar-refractivity contribution in [2.45, 2.75) is 0 Å². The summed E-state index contributed by atoms with van der Waals surface area (Å²) in [5, 5.41) is -1.17. The smallest absolute Gasteiger partial charge is 0.206 e. The van der Waals surface area contributed by atoms with Crippen LogP contribution in [0.5, 0.6) is 0 Å². The van der Waals surface area contributed by atoms with Gasteiger partial charge in [-0.25, -0.2) is 4.39 Å². The minimum Gasteiger partial charge on any atom is -0.206 e. The zero-order chi connectivity index (χ0) is 8.57. The third-order valence-corrected chi connectivity index (χ3v) is 0.273. The van der Waals surface area contributed by atoms with Gasteiger partial charge in [0.1, 0.15) is 6.33 Å². The summed E-state index contributed by atoms with van der Waals surface area (Å²) < 4.78 is 41.9. The van der Waals surface area contributed by atoms with Crippen molar-refractivity contribution in [3.05, 3.63) is 30.0 Å². The summed E-state index contributed by atoms with van der Waals surface area (Å²) in [6.07, 6.45) is -1.93. The van der Waals surface area contributed by atoms with Crippen LogP contribution in [0.1, 0.15) is 0 Å². The van der Waals surface area contributed by atoms with Crippen LogP contribution in [0.3, 0.4) is 0 Å². The summed E-state index contributed by atoms with van der Waals surface area (Å²) in [5.74, 6) is 0. The SMILES string of the molecule is C=C(F)F.FC=C=C(F)Cl. The molecule has 58 valence electrons. The number of rotatable bonds is 0. The maximum Gasteiger partial charge on any atom is 0.263 e. The lowest BCUT2D eigenvalue weighted by molar-refractivity contribution is 0.426. The zero-order valence-corrected chi connectivity index (χ0v) is 5.43. The molecule has 0 amide bonds. The summed E-state index contributed by atoms with van der Waals surface area (Å²) in [6, 6.07) is 0. The predicted octanol–water partition coefficient (Wildman–Crippen LogP) is 3.51. The number of hydrogen-bond acceptors (Lipinski definition) is 0. The van der Waals surface area contributed by atoms with E-state index in [1.54, 1.807) is 0 Å². The fourth-order valence-electron chi connectivity index (χ4n) is 0.0412. The molecule has 0 saturated heterocycles. The normalized spacial score (nSPS) is 6.50. The highest BCUT2D eigenvalue weighted by molar-refractivity contribution is 6.27. The summed E-state index contributed by atoms with van der Waals surface area (Å²) in [6.45, 7) is 2.22. The van der Waals surface area contributed by atoms with Crippen LogP contribution in [0, 0.1) is 0 Å². The third-order valence-electron chi connectivity index (χ3n) is 0.164. The number of halogens is 5. The van der Waals surface area contributed by atoms with E-state index in [-0.39, 0.29) is 6.33 Å². The highest BCUT2D eigenvalue weighted by Crippen LogP contribution is 1.96. The van der Waals surface area contributed by atoms with Gasteiger partial charge in [0.05, 0.1) is 0 Å². The molecule has 0 nitrogen and oxygen atoms in total. The molecule has 0 aromatic heterocycles. The minimum absolute atomic E-state index is 0.0949. The molecule has 0 bridgehead atoms. The van der Waals surface area contributed by atoms with Gasteiger partial charge in [-0.3, -0.25) is 0 Å². The standard InChI is InChI=1S/C3HClF2.C2H2F2/c4-3(6)1-2-5;1-2(3)4/h2H;1H2. The Balaban J connectivity index is 0. The fourth-order valence-corrected chi connectivity index (χ4v) is 0.0825. The lowest BCUT2D eigenvalue weighted by Gasteiger charge is -1.59. The summed E-state index contributed by atoms with van der Waals surface area (Å²) in [4.78, 5) is 0. The average Bonchev–Trinajstić information content (AvgIpc) is 1.62. The Kier molecular flexibility index (Phi) is 9.92. The van der Waals surface area contributed by atoms with E-state index in [1.165, 1.54) is 5.73 Å². The Morgan fingerprint density at radius 1 is 1.40 bits per heavy atom. The molecule has 0 aromatic rings. The second-order valence-corrected chi connectivity index (χ2v) is 1.18. The van der Waals surface area contributed by atoms with Crippen LogP contribution < -0.4 is 0 Å². The molecule has 0 spiro atoms. The Morgan fingerprint density at radius 3 is 1.70 bits per heavy atom. The van der Waals surface area contributed by atoms with E-state index in [0.29, 0.717) is 0 Å². The van der Waals surface area contributed by atoms with E-state index < -0.39 is 11.4 Å². The molecule has 0 aliphatic rings. The first-order valence-corrected chi connectivity index (χ1v) is 2.24. The quantitative estimate of drug-likeness (QED) is 0.389. The van der Waals surface area contributed by atoms with Crippen LogP contribution in [0.2, 0.25) is 0 Å². The van der Waals surface area contributed by atoms with E-state index in [4.69, 9.17) is 0 Å². The van der Waals surface area contributed by atoms with E-state index in [9.17, 15) is 17.6 Å². The molecule has 0 atom stereocenters. The van der Waals surface area contributed by atoms with Crippen LogP contribution in [-0.2, 0) is 0 Å². The van der Waals surface area contributed by atoms with Gasteiger partial charge in [0.2, 0.25) is 5.29 Å². The van der Waals surface area contributed by atoms with Crippen molar-refractivity contribution in [2.24, 2.45) is 0 Å². The molecule has 0 rings (SSSR count).